The van der Waals surface area contributed by atoms with Crippen LogP contribution in [0, 0.1) is 0 Å². The summed E-state index contributed by atoms with van der Waals surface area (Å²) in [5.74, 6) is 0.483. The van der Waals surface area contributed by atoms with Crippen LogP contribution >= 0.6 is 0 Å². The minimum Gasteiger partial charge on any atom is -0.497 e. The van der Waals surface area contributed by atoms with Gasteiger partial charge in [0, 0.05) is 0 Å². The van der Waals surface area contributed by atoms with Gasteiger partial charge < -0.3 is 9.47 Å². The van der Waals surface area contributed by atoms with Gasteiger partial charge in [-0.1, -0.05) is 42.5 Å². The Labute approximate surface area is 118 Å². The van der Waals surface area contributed by atoms with Gasteiger partial charge in [-0.2, -0.15) is 0 Å². The van der Waals surface area contributed by atoms with Crippen molar-refractivity contribution in [3.8, 4) is 5.75 Å². The molecule has 102 valence electrons. The van der Waals surface area contributed by atoms with Crippen LogP contribution in [0.25, 0.3) is 12.2 Å². The first-order valence-corrected chi connectivity index (χ1v) is 6.24. The second-order valence-corrected chi connectivity index (χ2v) is 4.19. The minimum atomic E-state index is -0.333. The third kappa shape index (κ3) is 3.26. The molecule has 3 heteroatoms. The van der Waals surface area contributed by atoms with Crippen LogP contribution in [0.1, 0.15) is 21.5 Å². The van der Waals surface area contributed by atoms with E-state index >= 15 is 0 Å². The Morgan fingerprint density at radius 3 is 2.30 bits per heavy atom. The van der Waals surface area contributed by atoms with Crippen molar-refractivity contribution >= 4 is 18.1 Å². The summed E-state index contributed by atoms with van der Waals surface area (Å²) in [6.45, 7) is 0. The van der Waals surface area contributed by atoms with Crippen molar-refractivity contribution in [2.45, 2.75) is 0 Å². The van der Waals surface area contributed by atoms with E-state index in [1.54, 1.807) is 13.2 Å². The van der Waals surface area contributed by atoms with Crippen LogP contribution in [-0.4, -0.2) is 20.2 Å². The van der Waals surface area contributed by atoms with Gasteiger partial charge in [0.05, 0.1) is 19.8 Å². The van der Waals surface area contributed by atoms with Crippen molar-refractivity contribution < 1.29 is 14.3 Å². The highest BCUT2D eigenvalue weighted by molar-refractivity contribution is 5.94. The van der Waals surface area contributed by atoms with E-state index in [2.05, 4.69) is 0 Å². The molecule has 3 nitrogen and oxygen atoms in total. The van der Waals surface area contributed by atoms with E-state index in [4.69, 9.17) is 9.47 Å². The molecular weight excluding hydrogens is 252 g/mol. The zero-order chi connectivity index (χ0) is 14.4. The first kappa shape index (κ1) is 13.9. The third-order valence-electron chi connectivity index (χ3n) is 2.94. The van der Waals surface area contributed by atoms with Gasteiger partial charge >= 0.3 is 5.97 Å². The maximum atomic E-state index is 11.7. The summed E-state index contributed by atoms with van der Waals surface area (Å²) < 4.78 is 9.88. The predicted octanol–water partition coefficient (Wildman–Crippen LogP) is 3.65. The molecule has 0 aliphatic heterocycles. The van der Waals surface area contributed by atoms with Gasteiger partial charge in [0.1, 0.15) is 5.75 Å². The summed E-state index contributed by atoms with van der Waals surface area (Å²) >= 11 is 0. The Bertz CT molecular complexity index is 612. The molecule has 0 saturated carbocycles. The Morgan fingerprint density at radius 2 is 1.65 bits per heavy atom. The summed E-state index contributed by atoms with van der Waals surface area (Å²) in [4.78, 5) is 11.7. The lowest BCUT2D eigenvalue weighted by molar-refractivity contribution is 0.0600. The van der Waals surface area contributed by atoms with Gasteiger partial charge in [-0.25, -0.2) is 4.79 Å². The van der Waals surface area contributed by atoms with E-state index < -0.39 is 0 Å². The first-order valence-electron chi connectivity index (χ1n) is 6.24. The number of hydrogen-bond donors (Lipinski definition) is 0. The lowest BCUT2D eigenvalue weighted by atomic mass is 10.1. The summed E-state index contributed by atoms with van der Waals surface area (Å²) in [7, 11) is 3.02. The maximum absolute atomic E-state index is 11.7. The van der Waals surface area contributed by atoms with Crippen LogP contribution in [0.3, 0.4) is 0 Å². The molecule has 2 aromatic rings. The largest absolute Gasteiger partial charge is 0.497 e. The maximum Gasteiger partial charge on any atom is 0.338 e. The number of ether oxygens (including phenoxy) is 2. The molecule has 2 rings (SSSR count). The Hall–Kier alpha value is -2.55. The summed E-state index contributed by atoms with van der Waals surface area (Å²) in [5, 5.41) is 0. The van der Waals surface area contributed by atoms with Crippen molar-refractivity contribution in [3.63, 3.8) is 0 Å². The molecule has 0 heterocycles. The monoisotopic (exact) mass is 268 g/mol. The standard InChI is InChI=1S/C17H16O3/c1-19-15-11-8-13(9-12-15)7-10-14-5-3-4-6-16(14)17(18)20-2/h3-12H,1-2H3/b10-7-. The molecule has 0 spiro atoms. The summed E-state index contributed by atoms with van der Waals surface area (Å²) in [6.07, 6.45) is 3.84. The second-order valence-electron chi connectivity index (χ2n) is 4.19. The zero-order valence-corrected chi connectivity index (χ0v) is 11.5. The molecule has 0 atom stereocenters. The molecule has 0 aliphatic carbocycles. The highest BCUT2D eigenvalue weighted by Crippen LogP contribution is 2.16. The van der Waals surface area contributed by atoms with Crippen molar-refractivity contribution in [2.24, 2.45) is 0 Å². The lowest BCUT2D eigenvalue weighted by Crippen LogP contribution is -2.02. The van der Waals surface area contributed by atoms with Crippen molar-refractivity contribution in [3.05, 3.63) is 65.2 Å². The highest BCUT2D eigenvalue weighted by atomic mass is 16.5. The summed E-state index contributed by atoms with van der Waals surface area (Å²) in [5.41, 5.74) is 2.42. The molecule has 2 aromatic carbocycles. The second kappa shape index (κ2) is 6.57. The number of carbonyl (C=O) groups is 1. The zero-order valence-electron chi connectivity index (χ0n) is 11.5. The SMILES string of the molecule is COC(=O)c1ccccc1/C=C\c1ccc(OC)cc1. The molecule has 0 fully saturated rings. The molecule has 0 aromatic heterocycles. The average Bonchev–Trinajstić information content (AvgIpc) is 2.53. The molecule has 0 amide bonds. The molecule has 0 bridgehead atoms. The van der Waals surface area contributed by atoms with E-state index in [1.807, 2.05) is 54.6 Å². The van der Waals surface area contributed by atoms with Gasteiger partial charge in [-0.15, -0.1) is 0 Å². The van der Waals surface area contributed by atoms with Crippen LogP contribution in [0.4, 0.5) is 0 Å². The van der Waals surface area contributed by atoms with E-state index in [1.165, 1.54) is 7.11 Å². The molecular formula is C17H16O3. The molecule has 0 radical (unpaired) electrons. The fourth-order valence-corrected chi connectivity index (χ4v) is 1.84. The predicted molar refractivity (Wildman–Crippen MR) is 79.7 cm³/mol. The Balaban J connectivity index is 2.24. The third-order valence-corrected chi connectivity index (χ3v) is 2.94. The molecule has 0 N–H and O–H groups in total. The Morgan fingerprint density at radius 1 is 0.950 bits per heavy atom. The van der Waals surface area contributed by atoms with E-state index in [0.29, 0.717) is 5.56 Å². The van der Waals surface area contributed by atoms with Crippen LogP contribution in [-0.2, 0) is 4.74 Å². The van der Waals surface area contributed by atoms with E-state index in [-0.39, 0.29) is 5.97 Å². The molecule has 0 saturated heterocycles. The topological polar surface area (TPSA) is 35.5 Å². The number of esters is 1. The number of methoxy groups -OCH3 is 2. The van der Waals surface area contributed by atoms with Crippen LogP contribution in [0.2, 0.25) is 0 Å². The fourth-order valence-electron chi connectivity index (χ4n) is 1.84. The normalized spacial score (nSPS) is 10.5. The van der Waals surface area contributed by atoms with Crippen LogP contribution < -0.4 is 4.74 Å². The number of hydrogen-bond acceptors (Lipinski definition) is 3. The van der Waals surface area contributed by atoms with Crippen LogP contribution in [0.5, 0.6) is 5.75 Å². The fraction of sp³-hybridized carbons (Fsp3) is 0.118. The Kier molecular flexibility index (Phi) is 4.56. The smallest absolute Gasteiger partial charge is 0.338 e. The van der Waals surface area contributed by atoms with Gasteiger partial charge in [0.15, 0.2) is 0 Å². The van der Waals surface area contributed by atoms with Crippen molar-refractivity contribution in [1.29, 1.82) is 0 Å². The summed E-state index contributed by atoms with van der Waals surface area (Å²) in [6, 6.07) is 15.0. The van der Waals surface area contributed by atoms with Crippen LogP contribution in [0.15, 0.2) is 48.5 Å². The molecule has 0 unspecified atom stereocenters. The van der Waals surface area contributed by atoms with Gasteiger partial charge in [-0.05, 0) is 29.3 Å². The van der Waals surface area contributed by atoms with E-state index in [0.717, 1.165) is 16.9 Å². The van der Waals surface area contributed by atoms with Gasteiger partial charge in [0.2, 0.25) is 0 Å². The van der Waals surface area contributed by atoms with Gasteiger partial charge in [0.25, 0.3) is 0 Å². The first-order chi connectivity index (χ1) is 9.74. The average molecular weight is 268 g/mol. The van der Waals surface area contributed by atoms with Gasteiger partial charge in [-0.3, -0.25) is 0 Å². The highest BCUT2D eigenvalue weighted by Gasteiger charge is 2.08. The van der Waals surface area contributed by atoms with Crippen molar-refractivity contribution in [1.82, 2.24) is 0 Å². The number of benzene rings is 2. The van der Waals surface area contributed by atoms with Crippen molar-refractivity contribution in [2.75, 3.05) is 14.2 Å². The minimum absolute atomic E-state index is 0.333. The lowest BCUT2D eigenvalue weighted by Gasteiger charge is -2.03. The number of rotatable bonds is 4. The van der Waals surface area contributed by atoms with E-state index in [9.17, 15) is 4.79 Å². The number of carbonyl (C=O) groups excluding carboxylic acids is 1. The quantitative estimate of drug-likeness (QED) is 0.627. The molecule has 20 heavy (non-hydrogen) atoms. The molecule has 0 aliphatic rings.